The number of aliphatic hydroxyl groups excluding tert-OH is 2. The zero-order chi connectivity index (χ0) is 43.7. The van der Waals surface area contributed by atoms with Crippen molar-refractivity contribution in [1.82, 2.24) is 5.32 Å². The molecule has 2 atom stereocenters. The summed E-state index contributed by atoms with van der Waals surface area (Å²) in [4.78, 5) is 24.4. The maximum Gasteiger partial charge on any atom is 0.305 e. The maximum atomic E-state index is 12.4. The van der Waals surface area contributed by atoms with Crippen molar-refractivity contribution in [2.45, 2.75) is 270 Å². The highest BCUT2D eigenvalue weighted by atomic mass is 16.5. The van der Waals surface area contributed by atoms with Crippen LogP contribution in [-0.4, -0.2) is 47.4 Å². The van der Waals surface area contributed by atoms with Gasteiger partial charge in [0.05, 0.1) is 25.4 Å². The number of carbonyl (C=O) groups excluding carboxylic acids is 2. The number of amides is 1. The second-order valence-electron chi connectivity index (χ2n) is 17.5. The van der Waals surface area contributed by atoms with Gasteiger partial charge >= 0.3 is 5.97 Å². The summed E-state index contributed by atoms with van der Waals surface area (Å²) in [5.74, 6) is -0.0990. The lowest BCUT2D eigenvalue weighted by molar-refractivity contribution is -0.143. The van der Waals surface area contributed by atoms with E-state index in [1.165, 1.54) is 161 Å². The van der Waals surface area contributed by atoms with Crippen molar-refractivity contribution < 1.29 is 24.5 Å². The molecule has 3 N–H and O–H groups in total. The van der Waals surface area contributed by atoms with E-state index in [0.717, 1.165) is 70.6 Å². The van der Waals surface area contributed by atoms with Crippen LogP contribution in [0.2, 0.25) is 0 Å². The minimum Gasteiger partial charge on any atom is -0.466 e. The molecule has 0 saturated carbocycles. The number of rotatable bonds is 47. The van der Waals surface area contributed by atoms with Gasteiger partial charge in [0.2, 0.25) is 5.91 Å². The van der Waals surface area contributed by atoms with E-state index in [4.69, 9.17) is 4.74 Å². The summed E-state index contributed by atoms with van der Waals surface area (Å²) >= 11 is 0. The Morgan fingerprint density at radius 3 is 1.33 bits per heavy atom. The molecule has 0 aliphatic carbocycles. The highest BCUT2D eigenvalue weighted by Crippen LogP contribution is 2.14. The van der Waals surface area contributed by atoms with E-state index in [1.54, 1.807) is 6.08 Å². The molecule has 6 nitrogen and oxygen atoms in total. The van der Waals surface area contributed by atoms with E-state index in [9.17, 15) is 19.8 Å². The number of hydrogen-bond donors (Lipinski definition) is 3. The third-order valence-corrected chi connectivity index (χ3v) is 11.6. The predicted molar refractivity (Wildman–Crippen MR) is 259 cm³/mol. The van der Waals surface area contributed by atoms with E-state index >= 15 is 0 Å². The van der Waals surface area contributed by atoms with Crippen LogP contribution in [0.1, 0.15) is 258 Å². The number of nitrogens with one attached hydrogen (secondary N) is 1. The fourth-order valence-corrected chi connectivity index (χ4v) is 7.52. The SMILES string of the molecule is CCCC/C=C\C/C=C\CCCCCCCC(=O)OCCCCCCCCCCC/C=C\CCCCCCCC(=O)NC(CO)C(O)/C=C/CCCCCCCCCCC. The molecule has 0 spiro atoms. The molecule has 0 rings (SSSR count). The molecule has 0 saturated heterocycles. The summed E-state index contributed by atoms with van der Waals surface area (Å²) < 4.78 is 5.45. The van der Waals surface area contributed by atoms with Crippen molar-refractivity contribution in [3.63, 3.8) is 0 Å². The second kappa shape index (κ2) is 49.5. The van der Waals surface area contributed by atoms with Gasteiger partial charge in [0.15, 0.2) is 0 Å². The lowest BCUT2D eigenvalue weighted by Gasteiger charge is -2.20. The monoisotopic (exact) mass is 842 g/mol. The summed E-state index contributed by atoms with van der Waals surface area (Å²) in [5, 5.41) is 23.0. The van der Waals surface area contributed by atoms with Crippen molar-refractivity contribution >= 4 is 11.9 Å². The fraction of sp³-hybridized carbons (Fsp3) is 0.815. The molecule has 0 bridgehead atoms. The van der Waals surface area contributed by atoms with Gasteiger partial charge < -0.3 is 20.3 Å². The number of allylic oxidation sites excluding steroid dienone is 7. The largest absolute Gasteiger partial charge is 0.466 e. The average Bonchev–Trinajstić information content (AvgIpc) is 3.25. The highest BCUT2D eigenvalue weighted by molar-refractivity contribution is 5.76. The molecule has 0 heterocycles. The third kappa shape index (κ3) is 45.3. The van der Waals surface area contributed by atoms with Crippen LogP contribution >= 0.6 is 0 Å². The zero-order valence-corrected chi connectivity index (χ0v) is 39.7. The minimum atomic E-state index is -0.852. The standard InChI is InChI=1S/C54H99NO5/c1-3-5-7-9-11-13-15-16-24-28-32-36-40-44-48-54(59)60-49-45-41-37-33-29-25-22-20-18-17-19-21-23-27-31-35-39-43-47-53(58)55-51(50-56)52(57)46-42-38-34-30-26-14-12-10-8-6-4-2/h9,11,15-16,19,21,42,46,51-52,56-57H,3-8,10,12-14,17-18,20,22-41,43-45,47-50H2,1-2H3,(H,55,58)/b11-9-,16-15-,21-19-,46-42+. The number of carbonyl (C=O) groups is 2. The summed E-state index contributed by atoms with van der Waals surface area (Å²) in [7, 11) is 0. The van der Waals surface area contributed by atoms with Crippen LogP contribution in [0.4, 0.5) is 0 Å². The summed E-state index contributed by atoms with van der Waals surface area (Å²) in [6, 6.07) is -0.637. The smallest absolute Gasteiger partial charge is 0.305 e. The van der Waals surface area contributed by atoms with Gasteiger partial charge in [-0.15, -0.1) is 0 Å². The van der Waals surface area contributed by atoms with E-state index in [0.29, 0.717) is 19.4 Å². The van der Waals surface area contributed by atoms with Gasteiger partial charge in [-0.3, -0.25) is 9.59 Å². The molecule has 0 aromatic rings. The first-order valence-electron chi connectivity index (χ1n) is 25.9. The first kappa shape index (κ1) is 57.8. The normalized spacial score (nSPS) is 13.1. The summed E-state index contributed by atoms with van der Waals surface area (Å²) in [6.07, 6.45) is 61.1. The molecular formula is C54H99NO5. The Hall–Kier alpha value is -2.18. The van der Waals surface area contributed by atoms with Crippen LogP contribution in [-0.2, 0) is 14.3 Å². The Bertz CT molecular complexity index is 1020. The van der Waals surface area contributed by atoms with E-state index in [1.807, 2.05) is 6.08 Å². The van der Waals surface area contributed by atoms with Crippen molar-refractivity contribution in [2.24, 2.45) is 0 Å². The molecule has 0 aliphatic rings. The Balaban J connectivity index is 3.48. The molecule has 0 aromatic carbocycles. The number of hydrogen-bond acceptors (Lipinski definition) is 5. The second-order valence-corrected chi connectivity index (χ2v) is 17.5. The van der Waals surface area contributed by atoms with Gasteiger partial charge in [0.1, 0.15) is 0 Å². The van der Waals surface area contributed by atoms with Crippen molar-refractivity contribution in [1.29, 1.82) is 0 Å². The van der Waals surface area contributed by atoms with Gasteiger partial charge in [-0.2, -0.15) is 0 Å². The van der Waals surface area contributed by atoms with Crippen LogP contribution in [0.15, 0.2) is 48.6 Å². The van der Waals surface area contributed by atoms with Crippen LogP contribution in [0.3, 0.4) is 0 Å². The molecule has 0 radical (unpaired) electrons. The lowest BCUT2D eigenvalue weighted by atomic mass is 10.1. The van der Waals surface area contributed by atoms with Gasteiger partial charge in [-0.05, 0) is 83.5 Å². The van der Waals surface area contributed by atoms with Gasteiger partial charge in [0.25, 0.3) is 0 Å². The Morgan fingerprint density at radius 1 is 0.467 bits per heavy atom. The van der Waals surface area contributed by atoms with Crippen LogP contribution in [0, 0.1) is 0 Å². The van der Waals surface area contributed by atoms with E-state index in [2.05, 4.69) is 55.6 Å². The maximum absolute atomic E-state index is 12.4. The zero-order valence-electron chi connectivity index (χ0n) is 39.7. The topological polar surface area (TPSA) is 95.9 Å². The third-order valence-electron chi connectivity index (χ3n) is 11.6. The van der Waals surface area contributed by atoms with E-state index < -0.39 is 12.1 Å². The molecule has 0 aromatic heterocycles. The van der Waals surface area contributed by atoms with Gasteiger partial charge in [-0.25, -0.2) is 0 Å². The Morgan fingerprint density at radius 2 is 0.850 bits per heavy atom. The van der Waals surface area contributed by atoms with Crippen LogP contribution in [0.25, 0.3) is 0 Å². The molecule has 350 valence electrons. The Kier molecular flexibility index (Phi) is 47.7. The highest BCUT2D eigenvalue weighted by Gasteiger charge is 2.18. The lowest BCUT2D eigenvalue weighted by Crippen LogP contribution is -2.45. The predicted octanol–water partition coefficient (Wildman–Crippen LogP) is 15.5. The van der Waals surface area contributed by atoms with Crippen molar-refractivity contribution in [3.05, 3.63) is 48.6 Å². The number of esters is 1. The number of ether oxygens (including phenoxy) is 1. The first-order chi connectivity index (χ1) is 29.5. The molecular weight excluding hydrogens is 743 g/mol. The van der Waals surface area contributed by atoms with Crippen molar-refractivity contribution in [2.75, 3.05) is 13.2 Å². The summed E-state index contributed by atoms with van der Waals surface area (Å²) in [5.41, 5.74) is 0. The molecule has 0 fully saturated rings. The molecule has 2 unspecified atom stereocenters. The molecule has 6 heteroatoms. The van der Waals surface area contributed by atoms with Crippen molar-refractivity contribution in [3.8, 4) is 0 Å². The first-order valence-corrected chi connectivity index (χ1v) is 25.9. The Labute approximate surface area is 372 Å². The van der Waals surface area contributed by atoms with Crippen LogP contribution in [0.5, 0.6) is 0 Å². The molecule has 0 aliphatic heterocycles. The fourth-order valence-electron chi connectivity index (χ4n) is 7.52. The van der Waals surface area contributed by atoms with Gasteiger partial charge in [0, 0.05) is 12.8 Å². The number of unbranched alkanes of at least 4 members (excludes halogenated alkanes) is 30. The molecule has 1 amide bonds. The van der Waals surface area contributed by atoms with Gasteiger partial charge in [-0.1, -0.05) is 210 Å². The van der Waals surface area contributed by atoms with E-state index in [-0.39, 0.29) is 18.5 Å². The average molecular weight is 842 g/mol. The number of aliphatic hydroxyl groups is 2. The molecule has 60 heavy (non-hydrogen) atoms. The quantitative estimate of drug-likeness (QED) is 0.0322. The minimum absolute atomic E-state index is 0.0136. The summed E-state index contributed by atoms with van der Waals surface area (Å²) in [6.45, 7) is 4.81. The van der Waals surface area contributed by atoms with Crippen LogP contribution < -0.4 is 5.32 Å².